The third-order valence-electron chi connectivity index (χ3n) is 3.70. The van der Waals surface area contributed by atoms with Gasteiger partial charge in [-0.15, -0.1) is 11.3 Å². The van der Waals surface area contributed by atoms with Crippen molar-refractivity contribution in [3.8, 4) is 0 Å². The summed E-state index contributed by atoms with van der Waals surface area (Å²) in [5.41, 5.74) is 0. The van der Waals surface area contributed by atoms with E-state index in [4.69, 9.17) is 9.47 Å². The van der Waals surface area contributed by atoms with Gasteiger partial charge in [-0.25, -0.2) is 0 Å². The van der Waals surface area contributed by atoms with E-state index in [1.165, 1.54) is 16.2 Å². The Hall–Kier alpha value is -0.420. The van der Waals surface area contributed by atoms with E-state index >= 15 is 0 Å². The van der Waals surface area contributed by atoms with Crippen LogP contribution in [-0.4, -0.2) is 32.5 Å². The maximum atomic E-state index is 5.66. The summed E-state index contributed by atoms with van der Waals surface area (Å²) in [6.45, 7) is 7.95. The van der Waals surface area contributed by atoms with Crippen LogP contribution in [0.3, 0.4) is 0 Å². The number of aryl methyl sites for hydroxylation is 1. The van der Waals surface area contributed by atoms with Crippen molar-refractivity contribution in [3.63, 3.8) is 0 Å². The zero-order valence-corrected chi connectivity index (χ0v) is 13.5. The van der Waals surface area contributed by atoms with Crippen molar-refractivity contribution in [3.05, 3.63) is 21.9 Å². The number of ether oxygens (including phenoxy) is 2. The van der Waals surface area contributed by atoms with E-state index in [-0.39, 0.29) is 0 Å². The van der Waals surface area contributed by atoms with Gasteiger partial charge in [-0.05, 0) is 51.3 Å². The Labute approximate surface area is 126 Å². The molecule has 20 heavy (non-hydrogen) atoms. The third-order valence-corrected chi connectivity index (χ3v) is 5.11. The van der Waals surface area contributed by atoms with E-state index in [1.54, 1.807) is 0 Å². The first-order valence-electron chi connectivity index (χ1n) is 7.81. The first-order valence-corrected chi connectivity index (χ1v) is 8.62. The average Bonchev–Trinajstić information content (AvgIpc) is 3.13. The minimum Gasteiger partial charge on any atom is -0.379 e. The van der Waals surface area contributed by atoms with Crippen molar-refractivity contribution in [2.24, 2.45) is 0 Å². The molecule has 0 aromatic carbocycles. The molecule has 0 radical (unpaired) electrons. The molecule has 3 nitrogen and oxygen atoms in total. The van der Waals surface area contributed by atoms with Crippen LogP contribution < -0.4 is 5.32 Å². The Morgan fingerprint density at radius 3 is 3.10 bits per heavy atom. The molecule has 1 aromatic heterocycles. The van der Waals surface area contributed by atoms with Crippen LogP contribution in [0, 0.1) is 0 Å². The normalized spacial score (nSPS) is 20.4. The van der Waals surface area contributed by atoms with Crippen LogP contribution in [0.4, 0.5) is 0 Å². The monoisotopic (exact) mass is 297 g/mol. The van der Waals surface area contributed by atoms with Gasteiger partial charge in [0.2, 0.25) is 0 Å². The van der Waals surface area contributed by atoms with Gasteiger partial charge < -0.3 is 14.8 Å². The lowest BCUT2D eigenvalue weighted by molar-refractivity contribution is 0.0165. The van der Waals surface area contributed by atoms with E-state index in [2.05, 4.69) is 31.3 Å². The topological polar surface area (TPSA) is 30.5 Å². The molecule has 2 atom stereocenters. The summed E-state index contributed by atoms with van der Waals surface area (Å²) < 4.78 is 11.2. The molecule has 2 unspecified atom stereocenters. The van der Waals surface area contributed by atoms with E-state index in [0.29, 0.717) is 12.1 Å². The van der Waals surface area contributed by atoms with Crippen LogP contribution in [0.25, 0.3) is 0 Å². The largest absolute Gasteiger partial charge is 0.379 e. The highest BCUT2D eigenvalue weighted by Crippen LogP contribution is 2.23. The Bertz CT molecular complexity index is 374. The lowest BCUT2D eigenvalue weighted by Gasteiger charge is -2.13. The number of rotatable bonds is 9. The summed E-state index contributed by atoms with van der Waals surface area (Å²) in [6.07, 6.45) is 4.89. The van der Waals surface area contributed by atoms with Crippen molar-refractivity contribution < 1.29 is 9.47 Å². The summed E-state index contributed by atoms with van der Waals surface area (Å²) in [6, 6.07) is 4.93. The summed E-state index contributed by atoms with van der Waals surface area (Å²) in [5.74, 6) is 0. The summed E-state index contributed by atoms with van der Waals surface area (Å²) >= 11 is 1.92. The highest BCUT2D eigenvalue weighted by molar-refractivity contribution is 7.12. The molecule has 114 valence electrons. The van der Waals surface area contributed by atoms with Gasteiger partial charge in [0, 0.05) is 29.0 Å². The molecule has 1 fully saturated rings. The maximum Gasteiger partial charge on any atom is 0.0809 e. The first kappa shape index (κ1) is 16.0. The second-order valence-corrected chi connectivity index (χ2v) is 6.60. The molecule has 0 amide bonds. The molecule has 0 saturated carbocycles. The molecule has 0 spiro atoms. The minimum absolute atomic E-state index is 0.348. The highest BCUT2D eigenvalue weighted by Gasteiger charge is 2.15. The molecule has 2 rings (SSSR count). The molecule has 1 N–H and O–H groups in total. The van der Waals surface area contributed by atoms with Crippen molar-refractivity contribution in [1.29, 1.82) is 0 Å². The Morgan fingerprint density at radius 2 is 2.40 bits per heavy atom. The number of thiophene rings is 1. The van der Waals surface area contributed by atoms with E-state index in [9.17, 15) is 0 Å². The van der Waals surface area contributed by atoms with Gasteiger partial charge in [0.1, 0.15) is 0 Å². The van der Waals surface area contributed by atoms with Gasteiger partial charge in [0.15, 0.2) is 0 Å². The molecule has 1 aromatic rings. The van der Waals surface area contributed by atoms with Gasteiger partial charge in [-0.1, -0.05) is 6.92 Å². The molecule has 1 aliphatic heterocycles. The van der Waals surface area contributed by atoms with Crippen molar-refractivity contribution in [2.45, 2.75) is 51.7 Å². The fourth-order valence-corrected chi connectivity index (χ4v) is 3.38. The van der Waals surface area contributed by atoms with Crippen LogP contribution in [-0.2, 0) is 15.9 Å². The fourth-order valence-electron chi connectivity index (χ4n) is 2.40. The molecule has 1 aliphatic rings. The highest BCUT2D eigenvalue weighted by atomic mass is 32.1. The summed E-state index contributed by atoms with van der Waals surface area (Å²) in [5, 5.41) is 3.56. The summed E-state index contributed by atoms with van der Waals surface area (Å²) in [7, 11) is 0. The van der Waals surface area contributed by atoms with Gasteiger partial charge >= 0.3 is 0 Å². The number of nitrogens with one attached hydrogen (secondary N) is 1. The summed E-state index contributed by atoms with van der Waals surface area (Å²) in [4.78, 5) is 2.90. The molecule has 1 saturated heterocycles. The predicted octanol–water partition coefficient (Wildman–Crippen LogP) is 3.55. The van der Waals surface area contributed by atoms with E-state index < -0.39 is 0 Å². The standard InChI is InChI=1S/C16H27NO2S/c1-3-15-7-8-16(20-15)13(2)17-9-5-10-18-12-14-6-4-11-19-14/h7-8,13-14,17H,3-6,9-12H2,1-2H3. The van der Waals surface area contributed by atoms with E-state index in [0.717, 1.165) is 45.6 Å². The lowest BCUT2D eigenvalue weighted by atomic mass is 10.2. The van der Waals surface area contributed by atoms with Gasteiger partial charge in [-0.2, -0.15) is 0 Å². The zero-order chi connectivity index (χ0) is 14.2. The molecular weight excluding hydrogens is 270 g/mol. The molecule has 0 bridgehead atoms. The van der Waals surface area contributed by atoms with Crippen LogP contribution in [0.2, 0.25) is 0 Å². The van der Waals surface area contributed by atoms with Crippen LogP contribution in [0.15, 0.2) is 12.1 Å². The van der Waals surface area contributed by atoms with Crippen LogP contribution >= 0.6 is 11.3 Å². The average molecular weight is 297 g/mol. The molecule has 0 aliphatic carbocycles. The molecular formula is C16H27NO2S. The first-order chi connectivity index (χ1) is 9.79. The maximum absolute atomic E-state index is 5.66. The van der Waals surface area contributed by atoms with Gasteiger partial charge in [0.05, 0.1) is 12.7 Å². The van der Waals surface area contributed by atoms with Gasteiger partial charge in [-0.3, -0.25) is 0 Å². The van der Waals surface area contributed by atoms with Crippen molar-refractivity contribution in [1.82, 2.24) is 5.32 Å². The van der Waals surface area contributed by atoms with Gasteiger partial charge in [0.25, 0.3) is 0 Å². The Morgan fingerprint density at radius 1 is 1.50 bits per heavy atom. The Kier molecular flexibility index (Phi) is 7.00. The Balaban J connectivity index is 1.51. The predicted molar refractivity (Wildman–Crippen MR) is 84.5 cm³/mol. The second kappa shape index (κ2) is 8.78. The zero-order valence-electron chi connectivity index (χ0n) is 12.7. The van der Waals surface area contributed by atoms with Crippen molar-refractivity contribution >= 4 is 11.3 Å². The molecule has 2 heterocycles. The number of hydrogen-bond donors (Lipinski definition) is 1. The van der Waals surface area contributed by atoms with Crippen LogP contribution in [0.1, 0.15) is 48.9 Å². The quantitative estimate of drug-likeness (QED) is 0.707. The number of hydrogen-bond acceptors (Lipinski definition) is 4. The molecule has 4 heteroatoms. The third kappa shape index (κ3) is 5.17. The lowest BCUT2D eigenvalue weighted by Crippen LogP contribution is -2.21. The smallest absolute Gasteiger partial charge is 0.0809 e. The minimum atomic E-state index is 0.348. The van der Waals surface area contributed by atoms with Crippen LogP contribution in [0.5, 0.6) is 0 Å². The van der Waals surface area contributed by atoms with Crippen molar-refractivity contribution in [2.75, 3.05) is 26.4 Å². The van der Waals surface area contributed by atoms with E-state index in [1.807, 2.05) is 11.3 Å². The second-order valence-electron chi connectivity index (χ2n) is 5.40. The SMILES string of the molecule is CCc1ccc(C(C)NCCCOCC2CCCO2)s1. The fraction of sp³-hybridized carbons (Fsp3) is 0.750.